The molecule has 0 atom stereocenters. The molecule has 0 aliphatic heterocycles. The van der Waals surface area contributed by atoms with Crippen molar-refractivity contribution in [2.24, 2.45) is 5.10 Å². The van der Waals surface area contributed by atoms with Gasteiger partial charge in [-0.05, 0) is 34.1 Å². The van der Waals surface area contributed by atoms with Gasteiger partial charge in [-0.1, -0.05) is 24.3 Å². The van der Waals surface area contributed by atoms with Gasteiger partial charge >= 0.3 is 0 Å². The lowest BCUT2D eigenvalue weighted by Gasteiger charge is -2.06. The number of nitrogens with one attached hydrogen (secondary N) is 1. The number of carbonyl (C=O) groups is 1. The molecule has 2 aromatic carbocycles. The fraction of sp³-hybridized carbons (Fsp3) is 0.0667. The number of hydrogen-bond donors (Lipinski definition) is 1. The fourth-order valence-corrected chi connectivity index (χ4v) is 2.07. The van der Waals surface area contributed by atoms with Gasteiger partial charge in [0, 0.05) is 6.07 Å². The van der Waals surface area contributed by atoms with Gasteiger partial charge in [0.2, 0.25) is 0 Å². The predicted octanol–water partition coefficient (Wildman–Crippen LogP) is 2.89. The van der Waals surface area contributed by atoms with Gasteiger partial charge in [0.25, 0.3) is 11.6 Å². The van der Waals surface area contributed by atoms with E-state index in [0.29, 0.717) is 11.3 Å². The maximum Gasteiger partial charge on any atom is 0.278 e. The molecule has 118 valence electrons. The standard InChI is InChI=1S/C15H12BrN3O4/c16-12-6-2-4-8-14(12)23-10-15(20)18-17-9-11-5-1-3-7-13(11)19(21)22/h1-9H,10H2,(H,18,20)/b17-9-. The Balaban J connectivity index is 1.90. The van der Waals surface area contributed by atoms with Crippen molar-refractivity contribution in [2.75, 3.05) is 6.61 Å². The van der Waals surface area contributed by atoms with E-state index in [9.17, 15) is 14.9 Å². The summed E-state index contributed by atoms with van der Waals surface area (Å²) in [5.74, 6) is 0.0564. The first kappa shape index (κ1) is 16.6. The Hall–Kier alpha value is -2.74. The van der Waals surface area contributed by atoms with Crippen LogP contribution in [-0.2, 0) is 4.79 Å². The molecule has 0 saturated carbocycles. The number of rotatable bonds is 6. The zero-order chi connectivity index (χ0) is 16.7. The fourth-order valence-electron chi connectivity index (χ4n) is 1.67. The quantitative estimate of drug-likeness (QED) is 0.475. The summed E-state index contributed by atoms with van der Waals surface area (Å²) in [6.07, 6.45) is 1.22. The molecule has 0 aromatic heterocycles. The van der Waals surface area contributed by atoms with E-state index in [1.807, 2.05) is 6.07 Å². The molecule has 1 N–H and O–H groups in total. The molecule has 7 nitrogen and oxygen atoms in total. The lowest BCUT2D eigenvalue weighted by molar-refractivity contribution is -0.385. The third-order valence-electron chi connectivity index (χ3n) is 2.72. The van der Waals surface area contributed by atoms with Gasteiger partial charge in [-0.3, -0.25) is 14.9 Å². The van der Waals surface area contributed by atoms with Crippen molar-refractivity contribution >= 4 is 33.7 Å². The van der Waals surface area contributed by atoms with E-state index in [2.05, 4.69) is 26.5 Å². The molecule has 0 radical (unpaired) electrons. The van der Waals surface area contributed by atoms with Crippen LogP contribution in [0.25, 0.3) is 0 Å². The minimum atomic E-state index is -0.515. The van der Waals surface area contributed by atoms with E-state index < -0.39 is 10.8 Å². The molecule has 0 unspecified atom stereocenters. The first-order valence-corrected chi connectivity index (χ1v) is 7.30. The molecular formula is C15H12BrN3O4. The average molecular weight is 378 g/mol. The van der Waals surface area contributed by atoms with Crippen molar-refractivity contribution in [2.45, 2.75) is 0 Å². The topological polar surface area (TPSA) is 93.8 Å². The van der Waals surface area contributed by atoms with Gasteiger partial charge in [0.05, 0.1) is 21.2 Å². The number of carbonyl (C=O) groups excluding carboxylic acids is 1. The van der Waals surface area contributed by atoms with Gasteiger partial charge in [-0.15, -0.1) is 0 Å². The van der Waals surface area contributed by atoms with Crippen LogP contribution in [0.5, 0.6) is 5.75 Å². The number of benzene rings is 2. The molecule has 0 saturated heterocycles. The monoisotopic (exact) mass is 377 g/mol. The van der Waals surface area contributed by atoms with Crippen molar-refractivity contribution < 1.29 is 14.5 Å². The molecule has 0 aliphatic rings. The van der Waals surface area contributed by atoms with E-state index in [4.69, 9.17) is 4.74 Å². The summed E-state index contributed by atoms with van der Waals surface area (Å²) in [7, 11) is 0. The van der Waals surface area contributed by atoms with E-state index in [1.54, 1.807) is 30.3 Å². The van der Waals surface area contributed by atoms with Crippen molar-refractivity contribution in [3.63, 3.8) is 0 Å². The van der Waals surface area contributed by atoms with E-state index in [-0.39, 0.29) is 12.3 Å². The predicted molar refractivity (Wildman–Crippen MR) is 88.5 cm³/mol. The van der Waals surface area contributed by atoms with Gasteiger partial charge in [0.15, 0.2) is 6.61 Å². The molecular weight excluding hydrogens is 366 g/mol. The summed E-state index contributed by atoms with van der Waals surface area (Å²) >= 11 is 3.30. The van der Waals surface area contributed by atoms with Crippen LogP contribution in [0.1, 0.15) is 5.56 Å². The number of nitrogens with zero attached hydrogens (tertiary/aromatic N) is 2. The molecule has 1 amide bonds. The molecule has 8 heteroatoms. The van der Waals surface area contributed by atoms with E-state index >= 15 is 0 Å². The highest BCUT2D eigenvalue weighted by molar-refractivity contribution is 9.10. The Morgan fingerprint density at radius 1 is 1.26 bits per heavy atom. The van der Waals surface area contributed by atoms with Gasteiger partial charge in [-0.2, -0.15) is 5.10 Å². The Morgan fingerprint density at radius 2 is 1.96 bits per heavy atom. The minimum absolute atomic E-state index is 0.0880. The number of amides is 1. The summed E-state index contributed by atoms with van der Waals surface area (Å²) in [6, 6.07) is 13.2. The van der Waals surface area contributed by atoms with E-state index in [0.717, 1.165) is 4.47 Å². The molecule has 2 rings (SSSR count). The van der Waals surface area contributed by atoms with E-state index in [1.165, 1.54) is 18.3 Å². The van der Waals surface area contributed by atoms with Crippen molar-refractivity contribution in [3.05, 3.63) is 68.7 Å². The van der Waals surface area contributed by atoms with Crippen molar-refractivity contribution in [3.8, 4) is 5.75 Å². The summed E-state index contributed by atoms with van der Waals surface area (Å²) in [4.78, 5) is 22.0. The van der Waals surface area contributed by atoms with Crippen LogP contribution in [0.15, 0.2) is 58.1 Å². The maximum atomic E-state index is 11.6. The SMILES string of the molecule is O=C(COc1ccccc1Br)N/N=C\c1ccccc1[N+](=O)[O-]. The number of halogens is 1. The second-order valence-electron chi connectivity index (χ2n) is 4.33. The normalized spacial score (nSPS) is 10.5. The Labute approximate surface area is 140 Å². The Bertz CT molecular complexity index is 749. The number of hydrazone groups is 1. The second-order valence-corrected chi connectivity index (χ2v) is 5.18. The third kappa shape index (κ3) is 4.89. The first-order valence-electron chi connectivity index (χ1n) is 6.50. The number of ether oxygens (including phenoxy) is 1. The molecule has 2 aromatic rings. The van der Waals surface area contributed by atoms with Crippen molar-refractivity contribution in [1.82, 2.24) is 5.43 Å². The van der Waals surface area contributed by atoms with Crippen LogP contribution in [-0.4, -0.2) is 23.7 Å². The number of nitro groups is 1. The number of hydrogen-bond acceptors (Lipinski definition) is 5. The molecule has 0 aliphatic carbocycles. The van der Waals surface area contributed by atoms with Crippen LogP contribution in [0, 0.1) is 10.1 Å². The van der Waals surface area contributed by atoms with Gasteiger partial charge in [0.1, 0.15) is 5.75 Å². The van der Waals surface area contributed by atoms with Crippen LogP contribution in [0.4, 0.5) is 5.69 Å². The minimum Gasteiger partial charge on any atom is -0.483 e. The summed E-state index contributed by atoms with van der Waals surface area (Å²) < 4.78 is 6.05. The Kier molecular flexibility index (Phi) is 5.81. The third-order valence-corrected chi connectivity index (χ3v) is 3.38. The lowest BCUT2D eigenvalue weighted by atomic mass is 10.2. The summed E-state index contributed by atoms with van der Waals surface area (Å²) in [5, 5.41) is 14.5. The highest BCUT2D eigenvalue weighted by Gasteiger charge is 2.10. The molecule has 0 bridgehead atoms. The number of nitro benzene ring substituents is 1. The first-order chi connectivity index (χ1) is 11.1. The molecule has 0 heterocycles. The van der Waals surface area contributed by atoms with Crippen LogP contribution in [0.3, 0.4) is 0 Å². The maximum absolute atomic E-state index is 11.6. The smallest absolute Gasteiger partial charge is 0.278 e. The molecule has 23 heavy (non-hydrogen) atoms. The van der Waals surface area contributed by atoms with Gasteiger partial charge < -0.3 is 4.74 Å². The second kappa shape index (κ2) is 8.04. The van der Waals surface area contributed by atoms with Crippen molar-refractivity contribution in [1.29, 1.82) is 0 Å². The van der Waals surface area contributed by atoms with Crippen LogP contribution in [0.2, 0.25) is 0 Å². The highest BCUT2D eigenvalue weighted by Crippen LogP contribution is 2.23. The largest absolute Gasteiger partial charge is 0.483 e. The average Bonchev–Trinajstić information content (AvgIpc) is 2.54. The molecule has 0 fully saturated rings. The lowest BCUT2D eigenvalue weighted by Crippen LogP contribution is -2.24. The number of para-hydroxylation sites is 2. The highest BCUT2D eigenvalue weighted by atomic mass is 79.9. The zero-order valence-corrected chi connectivity index (χ0v) is 13.4. The van der Waals surface area contributed by atoms with Crippen LogP contribution >= 0.6 is 15.9 Å². The summed E-state index contributed by atoms with van der Waals surface area (Å²) in [6.45, 7) is -0.225. The van der Waals surface area contributed by atoms with Gasteiger partial charge in [-0.25, -0.2) is 5.43 Å². The molecule has 0 spiro atoms. The summed E-state index contributed by atoms with van der Waals surface area (Å²) in [5.41, 5.74) is 2.46. The zero-order valence-electron chi connectivity index (χ0n) is 11.8. The Morgan fingerprint density at radius 3 is 2.70 bits per heavy atom. The van der Waals surface area contributed by atoms with Crippen LogP contribution < -0.4 is 10.2 Å².